The lowest BCUT2D eigenvalue weighted by Crippen LogP contribution is -2.10. The number of nitrogens with two attached hydrogens (primary N) is 1. The number of alkyl halides is 3. The molecule has 2 rings (SSSR count). The Labute approximate surface area is 105 Å². The summed E-state index contributed by atoms with van der Waals surface area (Å²) in [6, 6.07) is 2.80. The van der Waals surface area contributed by atoms with E-state index in [0.717, 1.165) is 0 Å². The number of hydrogen-bond acceptors (Lipinski definition) is 4. The van der Waals surface area contributed by atoms with Gasteiger partial charge in [-0.05, 0) is 6.42 Å². The van der Waals surface area contributed by atoms with E-state index in [1.807, 2.05) is 0 Å². The van der Waals surface area contributed by atoms with Crippen molar-refractivity contribution in [1.82, 2.24) is 4.98 Å². The normalized spacial score (nSPS) is 11.9. The van der Waals surface area contributed by atoms with Crippen LogP contribution in [0, 0.1) is 0 Å². The summed E-state index contributed by atoms with van der Waals surface area (Å²) < 4.78 is 45.8. The molecule has 104 valence electrons. The molecule has 0 fully saturated rings. The highest BCUT2D eigenvalue weighted by molar-refractivity contribution is 5.80. The number of nitrogen functional groups attached to an aromatic ring is 1. The van der Waals surface area contributed by atoms with Gasteiger partial charge in [-0.25, -0.2) is 4.79 Å². The first-order chi connectivity index (χ1) is 8.85. The Morgan fingerprint density at radius 3 is 2.79 bits per heavy atom. The number of ether oxygens (including phenoxy) is 1. The van der Waals surface area contributed by atoms with Crippen LogP contribution in [0.1, 0.15) is 12.8 Å². The van der Waals surface area contributed by atoms with Crippen LogP contribution >= 0.6 is 0 Å². The lowest BCUT2D eigenvalue weighted by atomic mass is 10.2. The van der Waals surface area contributed by atoms with Crippen molar-refractivity contribution in [2.24, 2.45) is 0 Å². The first-order valence-corrected chi connectivity index (χ1v) is 5.47. The number of benzene rings is 1. The first-order valence-electron chi connectivity index (χ1n) is 5.47. The second-order valence-corrected chi connectivity index (χ2v) is 3.97. The zero-order valence-electron chi connectivity index (χ0n) is 9.71. The molecule has 0 amide bonds. The van der Waals surface area contributed by atoms with Crippen molar-refractivity contribution >= 4 is 16.8 Å². The van der Waals surface area contributed by atoms with Crippen LogP contribution in [0.5, 0.6) is 5.75 Å². The Kier molecular flexibility index (Phi) is 3.41. The molecule has 0 unspecified atom stereocenters. The molecule has 0 aliphatic carbocycles. The number of fused-ring (bicyclic) bond motifs is 1. The fourth-order valence-corrected chi connectivity index (χ4v) is 1.57. The second-order valence-electron chi connectivity index (χ2n) is 3.97. The molecule has 0 bridgehead atoms. The van der Waals surface area contributed by atoms with Crippen LogP contribution in [0.2, 0.25) is 0 Å². The molecule has 0 saturated heterocycles. The summed E-state index contributed by atoms with van der Waals surface area (Å²) in [6.45, 7) is -0.114. The SMILES string of the molecule is Nc1cc2oc(=O)[nH]c2cc1OCCCC(F)(F)F. The van der Waals surface area contributed by atoms with Gasteiger partial charge in [-0.15, -0.1) is 0 Å². The highest BCUT2D eigenvalue weighted by Crippen LogP contribution is 2.27. The summed E-state index contributed by atoms with van der Waals surface area (Å²) in [5, 5.41) is 0. The van der Waals surface area contributed by atoms with Gasteiger partial charge >= 0.3 is 11.9 Å². The molecule has 0 saturated carbocycles. The minimum atomic E-state index is -4.20. The van der Waals surface area contributed by atoms with Crippen molar-refractivity contribution in [3.8, 4) is 5.75 Å². The summed E-state index contributed by atoms with van der Waals surface area (Å²) in [6.07, 6.45) is -5.28. The summed E-state index contributed by atoms with van der Waals surface area (Å²) in [7, 11) is 0. The predicted octanol–water partition coefficient (Wildman–Crippen LogP) is 2.42. The van der Waals surface area contributed by atoms with Crippen LogP contribution in [0.25, 0.3) is 11.1 Å². The summed E-state index contributed by atoms with van der Waals surface area (Å²) in [5.41, 5.74) is 6.49. The number of aromatic amines is 1. The Balaban J connectivity index is 2.04. The van der Waals surface area contributed by atoms with E-state index < -0.39 is 18.4 Å². The van der Waals surface area contributed by atoms with Gasteiger partial charge in [0, 0.05) is 18.6 Å². The van der Waals surface area contributed by atoms with E-state index in [2.05, 4.69) is 4.98 Å². The number of aromatic nitrogens is 1. The Morgan fingerprint density at radius 1 is 1.37 bits per heavy atom. The van der Waals surface area contributed by atoms with Crippen molar-refractivity contribution < 1.29 is 22.3 Å². The van der Waals surface area contributed by atoms with Crippen LogP contribution in [0.3, 0.4) is 0 Å². The maximum Gasteiger partial charge on any atom is 0.417 e. The molecule has 2 aromatic rings. The average molecular weight is 276 g/mol. The van der Waals surface area contributed by atoms with E-state index in [-0.39, 0.29) is 30.0 Å². The average Bonchev–Trinajstić information content (AvgIpc) is 2.62. The van der Waals surface area contributed by atoms with Crippen molar-refractivity contribution in [3.63, 3.8) is 0 Å². The van der Waals surface area contributed by atoms with Gasteiger partial charge in [0.15, 0.2) is 5.58 Å². The van der Waals surface area contributed by atoms with Crippen LogP contribution in [0.4, 0.5) is 18.9 Å². The van der Waals surface area contributed by atoms with E-state index in [1.165, 1.54) is 12.1 Å². The van der Waals surface area contributed by atoms with E-state index in [9.17, 15) is 18.0 Å². The molecule has 0 atom stereocenters. The number of nitrogens with one attached hydrogen (secondary N) is 1. The van der Waals surface area contributed by atoms with Gasteiger partial charge in [-0.3, -0.25) is 4.98 Å². The second kappa shape index (κ2) is 4.87. The smallest absolute Gasteiger partial charge is 0.417 e. The molecule has 0 radical (unpaired) electrons. The minimum Gasteiger partial charge on any atom is -0.491 e. The van der Waals surface area contributed by atoms with E-state index in [1.54, 1.807) is 0 Å². The largest absolute Gasteiger partial charge is 0.491 e. The van der Waals surface area contributed by atoms with E-state index >= 15 is 0 Å². The monoisotopic (exact) mass is 276 g/mol. The van der Waals surface area contributed by atoms with Crippen molar-refractivity contribution in [2.45, 2.75) is 19.0 Å². The minimum absolute atomic E-state index is 0.114. The zero-order chi connectivity index (χ0) is 14.0. The van der Waals surface area contributed by atoms with Gasteiger partial charge in [0.05, 0.1) is 17.8 Å². The number of oxazole rings is 1. The van der Waals surface area contributed by atoms with Crippen molar-refractivity contribution in [3.05, 3.63) is 22.7 Å². The first kappa shape index (κ1) is 13.3. The third kappa shape index (κ3) is 3.43. The van der Waals surface area contributed by atoms with Crippen LogP contribution in [0.15, 0.2) is 21.3 Å². The fourth-order valence-electron chi connectivity index (χ4n) is 1.57. The third-order valence-electron chi connectivity index (χ3n) is 2.41. The Bertz CT molecular complexity index is 630. The zero-order valence-corrected chi connectivity index (χ0v) is 9.71. The van der Waals surface area contributed by atoms with Gasteiger partial charge in [0.1, 0.15) is 5.75 Å². The Morgan fingerprint density at radius 2 is 2.11 bits per heavy atom. The molecule has 0 spiro atoms. The van der Waals surface area contributed by atoms with Gasteiger partial charge in [-0.2, -0.15) is 13.2 Å². The quantitative estimate of drug-likeness (QED) is 0.663. The molecule has 0 aliphatic rings. The predicted molar refractivity (Wildman–Crippen MR) is 62.0 cm³/mol. The lowest BCUT2D eigenvalue weighted by molar-refractivity contribution is -0.136. The van der Waals surface area contributed by atoms with Crippen LogP contribution < -0.4 is 16.2 Å². The maximum absolute atomic E-state index is 11.9. The van der Waals surface area contributed by atoms with Gasteiger partial charge < -0.3 is 14.9 Å². The van der Waals surface area contributed by atoms with Crippen molar-refractivity contribution in [1.29, 1.82) is 0 Å². The van der Waals surface area contributed by atoms with Crippen LogP contribution in [-0.2, 0) is 0 Å². The highest BCUT2D eigenvalue weighted by Gasteiger charge is 2.26. The summed E-state index contributed by atoms with van der Waals surface area (Å²) in [5.74, 6) is -0.421. The van der Waals surface area contributed by atoms with Crippen LogP contribution in [-0.4, -0.2) is 17.8 Å². The summed E-state index contributed by atoms with van der Waals surface area (Å²) in [4.78, 5) is 13.4. The number of anilines is 1. The Hall–Kier alpha value is -2.12. The van der Waals surface area contributed by atoms with Gasteiger partial charge in [0.25, 0.3) is 0 Å². The fraction of sp³-hybridized carbons (Fsp3) is 0.364. The van der Waals surface area contributed by atoms with Crippen molar-refractivity contribution in [2.75, 3.05) is 12.3 Å². The molecule has 5 nitrogen and oxygen atoms in total. The highest BCUT2D eigenvalue weighted by atomic mass is 19.4. The molecule has 0 aliphatic heterocycles. The number of rotatable bonds is 4. The molecule has 1 aromatic heterocycles. The molecular formula is C11H11F3N2O3. The summed E-state index contributed by atoms with van der Waals surface area (Å²) >= 11 is 0. The number of hydrogen-bond donors (Lipinski definition) is 2. The number of halogens is 3. The van der Waals surface area contributed by atoms with E-state index in [0.29, 0.717) is 5.52 Å². The topological polar surface area (TPSA) is 81.2 Å². The standard InChI is InChI=1S/C11H11F3N2O3/c12-11(13,14)2-1-3-18-8-5-7-9(4-6(8)15)19-10(17)16-7/h4-5H,1-3,15H2,(H,16,17). The maximum atomic E-state index is 11.9. The molecule has 8 heteroatoms. The molecule has 3 N–H and O–H groups in total. The van der Waals surface area contributed by atoms with Gasteiger partial charge in [-0.1, -0.05) is 0 Å². The molecule has 1 heterocycles. The van der Waals surface area contributed by atoms with E-state index in [4.69, 9.17) is 14.9 Å². The lowest BCUT2D eigenvalue weighted by Gasteiger charge is -2.09. The molecular weight excluding hydrogens is 265 g/mol. The van der Waals surface area contributed by atoms with Gasteiger partial charge in [0.2, 0.25) is 0 Å². The molecule has 19 heavy (non-hydrogen) atoms. The third-order valence-corrected chi connectivity index (χ3v) is 2.41. The number of H-pyrrole nitrogens is 1. The molecule has 1 aromatic carbocycles.